The number of carboxylic acid groups (broad SMARTS) is 1. The van der Waals surface area contributed by atoms with E-state index >= 15 is 0 Å². The van der Waals surface area contributed by atoms with Gasteiger partial charge >= 0.3 is 5.97 Å². The van der Waals surface area contributed by atoms with Crippen LogP contribution in [0.4, 0.5) is 0 Å². The molecule has 0 aliphatic carbocycles. The Morgan fingerprint density at radius 3 is 2.39 bits per heavy atom. The second-order valence-electron chi connectivity index (χ2n) is 5.35. The van der Waals surface area contributed by atoms with Crippen LogP contribution in [0.25, 0.3) is 16.6 Å². The number of hydrogen-bond donors (Lipinski definition) is 1. The molecule has 0 unspecified atom stereocenters. The Labute approximate surface area is 141 Å². The molecular weight excluding hydrogens is 339 g/mol. The molecule has 0 saturated heterocycles. The van der Waals surface area contributed by atoms with E-state index in [9.17, 15) is 14.7 Å². The van der Waals surface area contributed by atoms with Crippen molar-refractivity contribution in [3.8, 4) is 0 Å². The summed E-state index contributed by atoms with van der Waals surface area (Å²) in [6.07, 6.45) is 3.19. The zero-order chi connectivity index (χ0) is 16.7. The van der Waals surface area contributed by atoms with Gasteiger partial charge in [-0.25, -0.2) is 4.79 Å². The third-order valence-corrected chi connectivity index (χ3v) is 4.56. The fourth-order valence-electron chi connectivity index (χ4n) is 2.66. The lowest BCUT2D eigenvalue weighted by molar-refractivity contribution is 0.0697. The Morgan fingerprint density at radius 2 is 1.78 bits per heavy atom. The van der Waals surface area contributed by atoms with Gasteiger partial charge in [0.05, 0.1) is 26.6 Å². The van der Waals surface area contributed by atoms with Gasteiger partial charge in [0.15, 0.2) is 0 Å². The minimum Gasteiger partial charge on any atom is -0.478 e. The van der Waals surface area contributed by atoms with Gasteiger partial charge in [0.2, 0.25) is 0 Å². The van der Waals surface area contributed by atoms with Gasteiger partial charge < -0.3 is 14.1 Å². The first-order valence-electron chi connectivity index (χ1n) is 7.21. The SMILES string of the molecule is CCCCn1c(=O)c2cc(C(=O)O)cn2c2cc(Cl)c(Cl)cc21. The van der Waals surface area contributed by atoms with Crippen LogP contribution in [0.2, 0.25) is 10.0 Å². The molecule has 7 heteroatoms. The number of carboxylic acids is 1. The maximum absolute atomic E-state index is 12.8. The Kier molecular flexibility index (Phi) is 4.08. The van der Waals surface area contributed by atoms with E-state index in [1.807, 2.05) is 6.92 Å². The molecule has 0 amide bonds. The van der Waals surface area contributed by atoms with Crippen LogP contribution in [0.15, 0.2) is 29.2 Å². The van der Waals surface area contributed by atoms with Gasteiger partial charge in [-0.15, -0.1) is 0 Å². The van der Waals surface area contributed by atoms with Crippen LogP contribution >= 0.6 is 23.2 Å². The van der Waals surface area contributed by atoms with Gasteiger partial charge in [-0.1, -0.05) is 36.5 Å². The smallest absolute Gasteiger partial charge is 0.337 e. The molecule has 2 heterocycles. The molecule has 0 radical (unpaired) electrons. The number of benzene rings is 1. The second kappa shape index (κ2) is 5.91. The molecule has 0 saturated carbocycles. The summed E-state index contributed by atoms with van der Waals surface area (Å²) in [6, 6.07) is 4.69. The van der Waals surface area contributed by atoms with Crippen molar-refractivity contribution in [1.29, 1.82) is 0 Å². The molecule has 0 atom stereocenters. The molecule has 1 aromatic carbocycles. The Bertz CT molecular complexity index is 989. The molecule has 0 aliphatic rings. The van der Waals surface area contributed by atoms with Gasteiger partial charge in [0, 0.05) is 12.7 Å². The topological polar surface area (TPSA) is 63.7 Å². The first-order valence-corrected chi connectivity index (χ1v) is 7.96. The number of nitrogens with zero attached hydrogens (tertiary/aromatic N) is 2. The highest BCUT2D eigenvalue weighted by Crippen LogP contribution is 2.28. The summed E-state index contributed by atoms with van der Waals surface area (Å²) in [5.41, 5.74) is 1.42. The Balaban J connectivity index is 2.47. The number of aromatic nitrogens is 2. The first-order chi connectivity index (χ1) is 10.9. The summed E-state index contributed by atoms with van der Waals surface area (Å²) in [6.45, 7) is 2.57. The van der Waals surface area contributed by atoms with Gasteiger partial charge in [-0.05, 0) is 24.6 Å². The fourth-order valence-corrected chi connectivity index (χ4v) is 2.98. The Hall–Kier alpha value is -1.98. The molecule has 1 N–H and O–H groups in total. The number of rotatable bonds is 4. The molecular formula is C16H14Cl2N2O3. The summed E-state index contributed by atoms with van der Waals surface area (Å²) < 4.78 is 3.19. The second-order valence-corrected chi connectivity index (χ2v) is 6.17. The molecule has 23 heavy (non-hydrogen) atoms. The van der Waals surface area contributed by atoms with E-state index in [1.165, 1.54) is 12.3 Å². The van der Waals surface area contributed by atoms with Gasteiger partial charge in [0.1, 0.15) is 5.52 Å². The van der Waals surface area contributed by atoms with Crippen molar-refractivity contribution >= 4 is 45.7 Å². The third kappa shape index (κ3) is 2.60. The highest BCUT2D eigenvalue weighted by atomic mass is 35.5. The van der Waals surface area contributed by atoms with Gasteiger partial charge in [0.25, 0.3) is 5.56 Å². The number of aromatic carboxylic acids is 1. The summed E-state index contributed by atoms with van der Waals surface area (Å²) in [7, 11) is 0. The lowest BCUT2D eigenvalue weighted by Gasteiger charge is -2.13. The monoisotopic (exact) mass is 352 g/mol. The van der Waals surface area contributed by atoms with E-state index < -0.39 is 5.97 Å². The standard InChI is InChI=1S/C16H14Cl2N2O3/c1-2-3-4-19-12-6-10(17)11(18)7-13(12)20-8-9(16(22)23)5-14(20)15(19)21/h5-8H,2-4H2,1H3,(H,22,23). The number of carbonyl (C=O) groups is 1. The average molecular weight is 353 g/mol. The lowest BCUT2D eigenvalue weighted by Crippen LogP contribution is -2.22. The molecule has 5 nitrogen and oxygen atoms in total. The van der Waals surface area contributed by atoms with Crippen LogP contribution in [-0.2, 0) is 6.54 Å². The van der Waals surface area contributed by atoms with Crippen molar-refractivity contribution in [1.82, 2.24) is 8.97 Å². The van der Waals surface area contributed by atoms with Crippen molar-refractivity contribution in [2.45, 2.75) is 26.3 Å². The van der Waals surface area contributed by atoms with E-state index in [0.717, 1.165) is 12.8 Å². The van der Waals surface area contributed by atoms with Crippen LogP contribution in [0.3, 0.4) is 0 Å². The number of unbranched alkanes of at least 4 members (excludes halogenated alkanes) is 1. The number of fused-ring (bicyclic) bond motifs is 3. The summed E-state index contributed by atoms with van der Waals surface area (Å²) in [4.78, 5) is 24.0. The largest absolute Gasteiger partial charge is 0.478 e. The minimum atomic E-state index is -1.08. The van der Waals surface area contributed by atoms with E-state index in [1.54, 1.807) is 21.1 Å². The number of halogens is 2. The van der Waals surface area contributed by atoms with Crippen molar-refractivity contribution < 1.29 is 9.90 Å². The highest BCUT2D eigenvalue weighted by molar-refractivity contribution is 6.42. The first kappa shape index (κ1) is 15.9. The lowest BCUT2D eigenvalue weighted by atomic mass is 10.2. The molecule has 3 rings (SSSR count). The van der Waals surface area contributed by atoms with Crippen LogP contribution in [-0.4, -0.2) is 20.0 Å². The van der Waals surface area contributed by atoms with Crippen molar-refractivity contribution in [3.63, 3.8) is 0 Å². The summed E-state index contributed by atoms with van der Waals surface area (Å²) in [5.74, 6) is -1.08. The van der Waals surface area contributed by atoms with E-state index in [0.29, 0.717) is 33.1 Å². The van der Waals surface area contributed by atoms with Crippen LogP contribution < -0.4 is 5.56 Å². The predicted molar refractivity (Wildman–Crippen MR) is 91.1 cm³/mol. The van der Waals surface area contributed by atoms with Crippen LogP contribution in [0.1, 0.15) is 30.1 Å². The van der Waals surface area contributed by atoms with E-state index in [-0.39, 0.29) is 11.1 Å². The Morgan fingerprint density at radius 1 is 1.13 bits per heavy atom. The zero-order valence-electron chi connectivity index (χ0n) is 12.3. The highest BCUT2D eigenvalue weighted by Gasteiger charge is 2.16. The van der Waals surface area contributed by atoms with Gasteiger partial charge in [-0.2, -0.15) is 0 Å². The predicted octanol–water partition coefficient (Wildman–Crippen LogP) is 4.06. The van der Waals surface area contributed by atoms with E-state index in [2.05, 4.69) is 0 Å². The maximum Gasteiger partial charge on any atom is 0.337 e. The normalized spacial score (nSPS) is 11.4. The molecule has 2 aromatic heterocycles. The summed E-state index contributed by atoms with van der Waals surface area (Å²) >= 11 is 12.2. The van der Waals surface area contributed by atoms with Crippen LogP contribution in [0.5, 0.6) is 0 Å². The number of hydrogen-bond acceptors (Lipinski definition) is 2. The molecule has 0 aliphatic heterocycles. The fraction of sp³-hybridized carbons (Fsp3) is 0.250. The molecule has 120 valence electrons. The summed E-state index contributed by atoms with van der Waals surface area (Å²) in [5, 5.41) is 9.90. The van der Waals surface area contributed by atoms with Gasteiger partial charge in [-0.3, -0.25) is 4.79 Å². The van der Waals surface area contributed by atoms with Crippen molar-refractivity contribution in [2.75, 3.05) is 0 Å². The van der Waals surface area contributed by atoms with Crippen LogP contribution in [0, 0.1) is 0 Å². The van der Waals surface area contributed by atoms with Crippen molar-refractivity contribution in [2.24, 2.45) is 0 Å². The third-order valence-electron chi connectivity index (χ3n) is 3.83. The van der Waals surface area contributed by atoms with Crippen molar-refractivity contribution in [3.05, 3.63) is 50.4 Å². The number of aryl methyl sites for hydroxylation is 1. The average Bonchev–Trinajstić information content (AvgIpc) is 2.95. The quantitative estimate of drug-likeness (QED) is 0.769. The molecule has 0 fully saturated rings. The zero-order valence-corrected chi connectivity index (χ0v) is 13.9. The maximum atomic E-state index is 12.8. The van der Waals surface area contributed by atoms with E-state index in [4.69, 9.17) is 23.2 Å². The molecule has 0 bridgehead atoms. The molecule has 0 spiro atoms. The minimum absolute atomic E-state index is 0.0581. The molecule has 3 aromatic rings.